The standard InChI is InChI=1S/C14H15N3O3S/c1-2-20-14(19)10(7-15)8-16-17-13(18)12-6-9-4-3-5-11(9)21-12/h6,8,16H,2-5H2,1H3,(H,17,18)/b10-8+. The van der Waals surface area contributed by atoms with Crippen molar-refractivity contribution in [3.63, 3.8) is 0 Å². The number of hydrazine groups is 1. The zero-order chi connectivity index (χ0) is 15.2. The molecular weight excluding hydrogens is 290 g/mol. The molecule has 0 fully saturated rings. The minimum absolute atomic E-state index is 0.185. The summed E-state index contributed by atoms with van der Waals surface area (Å²) in [5, 5.41) is 8.81. The highest BCUT2D eigenvalue weighted by molar-refractivity contribution is 7.14. The van der Waals surface area contributed by atoms with Crippen LogP contribution in [0.15, 0.2) is 17.8 Å². The van der Waals surface area contributed by atoms with E-state index in [1.807, 2.05) is 6.07 Å². The van der Waals surface area contributed by atoms with Crippen LogP contribution in [0.5, 0.6) is 0 Å². The number of nitrogens with one attached hydrogen (secondary N) is 2. The van der Waals surface area contributed by atoms with E-state index in [0.717, 1.165) is 25.5 Å². The van der Waals surface area contributed by atoms with Gasteiger partial charge in [-0.1, -0.05) is 0 Å². The van der Waals surface area contributed by atoms with Crippen molar-refractivity contribution >= 4 is 23.2 Å². The molecule has 6 nitrogen and oxygen atoms in total. The molecule has 0 saturated heterocycles. The van der Waals surface area contributed by atoms with E-state index in [4.69, 9.17) is 10.00 Å². The second-order valence-corrected chi connectivity index (χ2v) is 5.54. The second kappa shape index (κ2) is 6.90. The molecule has 1 aliphatic rings. The molecule has 1 heterocycles. The summed E-state index contributed by atoms with van der Waals surface area (Å²) in [7, 11) is 0. The summed E-state index contributed by atoms with van der Waals surface area (Å²) < 4.78 is 4.70. The van der Waals surface area contributed by atoms with Crippen molar-refractivity contribution in [2.75, 3.05) is 6.61 Å². The summed E-state index contributed by atoms with van der Waals surface area (Å²) in [6.45, 7) is 1.84. The van der Waals surface area contributed by atoms with Gasteiger partial charge in [0.1, 0.15) is 6.07 Å². The molecule has 7 heteroatoms. The van der Waals surface area contributed by atoms with Gasteiger partial charge in [-0.05, 0) is 37.8 Å². The van der Waals surface area contributed by atoms with Gasteiger partial charge >= 0.3 is 5.97 Å². The molecule has 2 N–H and O–H groups in total. The number of aryl methyl sites for hydroxylation is 2. The van der Waals surface area contributed by atoms with Crippen LogP contribution in [-0.4, -0.2) is 18.5 Å². The summed E-state index contributed by atoms with van der Waals surface area (Å²) in [6, 6.07) is 3.60. The predicted octanol–water partition coefficient (Wildman–Crippen LogP) is 1.44. The van der Waals surface area contributed by atoms with E-state index >= 15 is 0 Å². The number of carbonyl (C=O) groups excluding carboxylic acids is 2. The number of hydrogen-bond donors (Lipinski definition) is 2. The number of nitriles is 1. The molecule has 0 spiro atoms. The van der Waals surface area contributed by atoms with Gasteiger partial charge in [0.05, 0.1) is 11.5 Å². The quantitative estimate of drug-likeness (QED) is 0.372. The summed E-state index contributed by atoms with van der Waals surface area (Å²) in [5.74, 6) is -1.01. The van der Waals surface area contributed by atoms with Crippen LogP contribution in [0.25, 0.3) is 0 Å². The first-order valence-electron chi connectivity index (χ1n) is 6.60. The van der Waals surface area contributed by atoms with E-state index in [2.05, 4.69) is 10.9 Å². The zero-order valence-electron chi connectivity index (χ0n) is 11.6. The number of thiophene rings is 1. The Balaban J connectivity index is 1.91. The fourth-order valence-electron chi connectivity index (χ4n) is 2.02. The van der Waals surface area contributed by atoms with E-state index < -0.39 is 5.97 Å². The van der Waals surface area contributed by atoms with Crippen LogP contribution in [0, 0.1) is 11.3 Å². The van der Waals surface area contributed by atoms with Crippen LogP contribution < -0.4 is 10.9 Å². The highest BCUT2D eigenvalue weighted by Gasteiger charge is 2.18. The maximum absolute atomic E-state index is 11.9. The molecular formula is C14H15N3O3S. The number of ether oxygens (including phenoxy) is 1. The van der Waals surface area contributed by atoms with Gasteiger partial charge in [-0.3, -0.25) is 10.2 Å². The first-order chi connectivity index (χ1) is 10.2. The van der Waals surface area contributed by atoms with Crippen molar-refractivity contribution in [3.8, 4) is 6.07 Å². The van der Waals surface area contributed by atoms with E-state index in [0.29, 0.717) is 4.88 Å². The number of hydrogen-bond acceptors (Lipinski definition) is 6. The van der Waals surface area contributed by atoms with Crippen LogP contribution in [0.4, 0.5) is 0 Å². The van der Waals surface area contributed by atoms with Gasteiger partial charge < -0.3 is 10.2 Å². The fourth-order valence-corrected chi connectivity index (χ4v) is 3.17. The molecule has 0 atom stereocenters. The van der Waals surface area contributed by atoms with Crippen LogP contribution in [0.2, 0.25) is 0 Å². The number of carbonyl (C=O) groups is 2. The molecule has 110 valence electrons. The zero-order valence-corrected chi connectivity index (χ0v) is 12.4. The van der Waals surface area contributed by atoms with Gasteiger partial charge in [0, 0.05) is 11.1 Å². The third-order valence-corrected chi connectivity index (χ3v) is 4.22. The van der Waals surface area contributed by atoms with Crippen molar-refractivity contribution in [2.24, 2.45) is 0 Å². The lowest BCUT2D eigenvalue weighted by Crippen LogP contribution is -2.33. The number of amides is 1. The monoisotopic (exact) mass is 305 g/mol. The van der Waals surface area contributed by atoms with Crippen molar-refractivity contribution in [1.82, 2.24) is 10.9 Å². The molecule has 0 saturated carbocycles. The van der Waals surface area contributed by atoms with E-state index in [1.165, 1.54) is 21.8 Å². The summed E-state index contributed by atoms with van der Waals surface area (Å²) >= 11 is 1.48. The predicted molar refractivity (Wildman–Crippen MR) is 77.3 cm³/mol. The van der Waals surface area contributed by atoms with Crippen LogP contribution in [-0.2, 0) is 22.4 Å². The topological polar surface area (TPSA) is 91.2 Å². The molecule has 1 aromatic heterocycles. The number of rotatable bonds is 5. The van der Waals surface area contributed by atoms with Crippen molar-refractivity contribution in [1.29, 1.82) is 5.26 Å². The Morgan fingerprint density at radius 2 is 2.33 bits per heavy atom. The van der Waals surface area contributed by atoms with E-state index in [-0.39, 0.29) is 18.1 Å². The first-order valence-corrected chi connectivity index (χ1v) is 7.42. The lowest BCUT2D eigenvalue weighted by molar-refractivity contribution is -0.138. The molecule has 0 bridgehead atoms. The van der Waals surface area contributed by atoms with E-state index in [9.17, 15) is 9.59 Å². The Morgan fingerprint density at radius 3 is 3.00 bits per heavy atom. The van der Waals surface area contributed by atoms with Gasteiger partial charge in [-0.15, -0.1) is 11.3 Å². The van der Waals surface area contributed by atoms with Gasteiger partial charge in [0.25, 0.3) is 5.91 Å². The van der Waals surface area contributed by atoms with Crippen molar-refractivity contribution in [2.45, 2.75) is 26.2 Å². The highest BCUT2D eigenvalue weighted by Crippen LogP contribution is 2.30. The molecule has 1 aromatic rings. The maximum Gasteiger partial charge on any atom is 0.350 e. The Morgan fingerprint density at radius 1 is 1.52 bits per heavy atom. The molecule has 0 aliphatic heterocycles. The molecule has 1 amide bonds. The number of esters is 1. The number of nitrogens with zero attached hydrogens (tertiary/aromatic N) is 1. The highest BCUT2D eigenvalue weighted by atomic mass is 32.1. The van der Waals surface area contributed by atoms with Crippen LogP contribution in [0.3, 0.4) is 0 Å². The minimum Gasteiger partial charge on any atom is -0.462 e. The Kier molecular flexibility index (Phi) is 4.95. The van der Waals surface area contributed by atoms with E-state index in [1.54, 1.807) is 13.0 Å². The lowest BCUT2D eigenvalue weighted by atomic mass is 10.2. The van der Waals surface area contributed by atoms with Crippen molar-refractivity contribution in [3.05, 3.63) is 33.2 Å². The average Bonchev–Trinajstić information content (AvgIpc) is 3.04. The van der Waals surface area contributed by atoms with Gasteiger partial charge in [0.2, 0.25) is 0 Å². The maximum atomic E-state index is 11.9. The number of fused-ring (bicyclic) bond motifs is 1. The smallest absolute Gasteiger partial charge is 0.350 e. The first kappa shape index (κ1) is 15.1. The average molecular weight is 305 g/mol. The lowest BCUT2D eigenvalue weighted by Gasteiger charge is -2.04. The second-order valence-electron chi connectivity index (χ2n) is 4.40. The van der Waals surface area contributed by atoms with Crippen molar-refractivity contribution < 1.29 is 14.3 Å². The van der Waals surface area contributed by atoms with Gasteiger partial charge in [-0.25, -0.2) is 4.79 Å². The minimum atomic E-state index is -0.725. The summed E-state index contributed by atoms with van der Waals surface area (Å²) in [6.07, 6.45) is 4.32. The Hall–Kier alpha value is -2.33. The normalized spacial score (nSPS) is 13.2. The largest absolute Gasteiger partial charge is 0.462 e. The third-order valence-electron chi connectivity index (χ3n) is 2.99. The third kappa shape index (κ3) is 3.61. The van der Waals surface area contributed by atoms with Gasteiger partial charge in [0.15, 0.2) is 5.57 Å². The van der Waals surface area contributed by atoms with Crippen LogP contribution >= 0.6 is 11.3 Å². The fraction of sp³-hybridized carbons (Fsp3) is 0.357. The Bertz CT molecular complexity index is 606. The molecule has 0 aromatic carbocycles. The molecule has 21 heavy (non-hydrogen) atoms. The SMILES string of the molecule is CCOC(=O)/C(C#N)=C/NNC(=O)c1cc2c(s1)CCC2. The van der Waals surface area contributed by atoms with Gasteiger partial charge in [-0.2, -0.15) is 5.26 Å². The molecule has 0 unspecified atom stereocenters. The Labute approximate surface area is 126 Å². The molecule has 2 rings (SSSR count). The summed E-state index contributed by atoms with van der Waals surface area (Å²) in [4.78, 5) is 25.2. The summed E-state index contributed by atoms with van der Waals surface area (Å²) in [5.41, 5.74) is 5.93. The van der Waals surface area contributed by atoms with Crippen LogP contribution in [0.1, 0.15) is 33.5 Å². The molecule has 1 aliphatic carbocycles. The molecule has 0 radical (unpaired) electrons.